The van der Waals surface area contributed by atoms with Gasteiger partial charge in [-0.3, -0.25) is 10.3 Å². The van der Waals surface area contributed by atoms with Crippen molar-refractivity contribution in [3.63, 3.8) is 0 Å². The lowest BCUT2D eigenvalue weighted by molar-refractivity contribution is 0.194. The van der Waals surface area contributed by atoms with Crippen molar-refractivity contribution in [2.45, 2.75) is 26.3 Å². The average molecular weight is 238 g/mol. The lowest BCUT2D eigenvalue weighted by atomic mass is 9.97. The molecule has 16 heavy (non-hydrogen) atoms. The Bertz CT molecular complexity index is 374. The first-order valence-corrected chi connectivity index (χ1v) is 6.50. The van der Waals surface area contributed by atoms with Crippen LogP contribution in [0.15, 0.2) is 5.38 Å². The summed E-state index contributed by atoms with van der Waals surface area (Å²) < 4.78 is 0. The van der Waals surface area contributed by atoms with Gasteiger partial charge in [0.15, 0.2) is 0 Å². The number of thiazole rings is 1. The number of hydrogen-bond donors (Lipinski definition) is 2. The van der Waals surface area contributed by atoms with Crippen LogP contribution in [0.25, 0.3) is 0 Å². The van der Waals surface area contributed by atoms with Crippen molar-refractivity contribution in [3.8, 4) is 0 Å². The smallest absolute Gasteiger partial charge is 0.0949 e. The predicted molar refractivity (Wildman–Crippen MR) is 66.8 cm³/mol. The van der Waals surface area contributed by atoms with E-state index in [9.17, 15) is 0 Å². The van der Waals surface area contributed by atoms with Gasteiger partial charge in [0.2, 0.25) is 0 Å². The van der Waals surface area contributed by atoms with Crippen LogP contribution in [0, 0.1) is 18.3 Å². The van der Waals surface area contributed by atoms with Crippen LogP contribution in [0.2, 0.25) is 0 Å². The van der Waals surface area contributed by atoms with Gasteiger partial charge in [0.25, 0.3) is 0 Å². The zero-order valence-corrected chi connectivity index (χ0v) is 10.4. The molecule has 1 aromatic rings. The van der Waals surface area contributed by atoms with Gasteiger partial charge >= 0.3 is 0 Å². The molecule has 2 rings (SSSR count). The number of hydrogen-bond acceptors (Lipinski definition) is 4. The lowest BCUT2D eigenvalue weighted by Gasteiger charge is -2.31. The quantitative estimate of drug-likeness (QED) is 0.621. The molecule has 2 heterocycles. The molecule has 1 aliphatic heterocycles. The number of nitrogens with one attached hydrogen (secondary N) is 1. The van der Waals surface area contributed by atoms with Crippen molar-refractivity contribution in [1.29, 1.82) is 5.41 Å². The van der Waals surface area contributed by atoms with Crippen LogP contribution in [-0.4, -0.2) is 28.8 Å². The maximum atomic E-state index is 7.50. The second kappa shape index (κ2) is 4.93. The summed E-state index contributed by atoms with van der Waals surface area (Å²) in [6.07, 6.45) is 2.19. The molecule has 5 heteroatoms. The Labute approximate surface area is 100.0 Å². The van der Waals surface area contributed by atoms with E-state index in [0.29, 0.717) is 5.84 Å². The van der Waals surface area contributed by atoms with E-state index in [0.717, 1.165) is 43.2 Å². The number of amidine groups is 1. The van der Waals surface area contributed by atoms with E-state index in [2.05, 4.69) is 15.3 Å². The van der Waals surface area contributed by atoms with Gasteiger partial charge in [-0.15, -0.1) is 11.3 Å². The van der Waals surface area contributed by atoms with Crippen LogP contribution in [0.1, 0.15) is 23.5 Å². The number of aromatic nitrogens is 1. The van der Waals surface area contributed by atoms with Crippen LogP contribution in [-0.2, 0) is 6.54 Å². The maximum absolute atomic E-state index is 7.50. The molecule has 0 spiro atoms. The molecule has 0 amide bonds. The SMILES string of the molecule is Cc1nc(CN2CCCC(C(=N)N)C2)cs1. The van der Waals surface area contributed by atoms with E-state index >= 15 is 0 Å². The molecule has 1 saturated heterocycles. The molecule has 1 aromatic heterocycles. The molecular weight excluding hydrogens is 220 g/mol. The summed E-state index contributed by atoms with van der Waals surface area (Å²) in [7, 11) is 0. The third kappa shape index (κ3) is 2.80. The normalized spacial score (nSPS) is 22.2. The fourth-order valence-corrected chi connectivity index (χ4v) is 2.77. The van der Waals surface area contributed by atoms with E-state index < -0.39 is 0 Å². The molecule has 0 saturated carbocycles. The van der Waals surface area contributed by atoms with E-state index in [-0.39, 0.29) is 5.92 Å². The Morgan fingerprint density at radius 2 is 2.56 bits per heavy atom. The van der Waals surface area contributed by atoms with Crippen molar-refractivity contribution in [2.75, 3.05) is 13.1 Å². The second-order valence-electron chi connectivity index (χ2n) is 4.39. The van der Waals surface area contributed by atoms with Crippen LogP contribution in [0.5, 0.6) is 0 Å². The molecule has 4 nitrogen and oxygen atoms in total. The molecule has 1 atom stereocenters. The van der Waals surface area contributed by atoms with Gasteiger partial charge in [-0.05, 0) is 26.3 Å². The van der Waals surface area contributed by atoms with E-state index in [1.165, 1.54) is 0 Å². The average Bonchev–Trinajstić information content (AvgIpc) is 2.64. The molecule has 1 aliphatic rings. The van der Waals surface area contributed by atoms with Crippen LogP contribution in [0.4, 0.5) is 0 Å². The number of nitrogens with zero attached hydrogens (tertiary/aromatic N) is 2. The number of aryl methyl sites for hydroxylation is 1. The standard InChI is InChI=1S/C11H18N4S/c1-8-14-10(7-16-8)6-15-4-2-3-9(5-15)11(12)13/h7,9H,2-6H2,1H3,(H3,12,13). The molecule has 0 radical (unpaired) electrons. The second-order valence-corrected chi connectivity index (χ2v) is 5.45. The maximum Gasteiger partial charge on any atom is 0.0949 e. The Balaban J connectivity index is 1.92. The monoisotopic (exact) mass is 238 g/mol. The molecule has 88 valence electrons. The number of nitrogens with two attached hydrogens (primary N) is 1. The van der Waals surface area contributed by atoms with Crippen molar-refractivity contribution < 1.29 is 0 Å². The number of likely N-dealkylation sites (tertiary alicyclic amines) is 1. The minimum atomic E-state index is 0.244. The van der Waals surface area contributed by atoms with Crippen molar-refractivity contribution in [3.05, 3.63) is 16.1 Å². The summed E-state index contributed by atoms with van der Waals surface area (Å²) in [6.45, 7) is 4.93. The van der Waals surface area contributed by atoms with Crippen LogP contribution < -0.4 is 5.73 Å². The highest BCUT2D eigenvalue weighted by Crippen LogP contribution is 2.19. The summed E-state index contributed by atoms with van der Waals surface area (Å²) in [5.41, 5.74) is 6.72. The highest BCUT2D eigenvalue weighted by atomic mass is 32.1. The van der Waals surface area contributed by atoms with Gasteiger partial charge in [-0.1, -0.05) is 0 Å². The van der Waals surface area contributed by atoms with E-state index in [4.69, 9.17) is 11.1 Å². The Kier molecular flexibility index (Phi) is 3.56. The van der Waals surface area contributed by atoms with Crippen molar-refractivity contribution >= 4 is 17.2 Å². The first kappa shape index (κ1) is 11.5. The third-order valence-electron chi connectivity index (χ3n) is 3.00. The zero-order chi connectivity index (χ0) is 11.5. The Hall–Kier alpha value is -0.940. The van der Waals surface area contributed by atoms with Crippen molar-refractivity contribution in [2.24, 2.45) is 11.7 Å². The minimum Gasteiger partial charge on any atom is -0.387 e. The first-order chi connectivity index (χ1) is 7.65. The van der Waals surface area contributed by atoms with Gasteiger partial charge < -0.3 is 5.73 Å². The zero-order valence-electron chi connectivity index (χ0n) is 9.57. The van der Waals surface area contributed by atoms with Crippen LogP contribution in [0.3, 0.4) is 0 Å². The van der Waals surface area contributed by atoms with Crippen molar-refractivity contribution in [1.82, 2.24) is 9.88 Å². The van der Waals surface area contributed by atoms with E-state index in [1.807, 2.05) is 6.92 Å². The number of rotatable bonds is 3. The highest BCUT2D eigenvalue weighted by Gasteiger charge is 2.22. The summed E-state index contributed by atoms with van der Waals surface area (Å²) in [5.74, 6) is 0.577. The summed E-state index contributed by atoms with van der Waals surface area (Å²) >= 11 is 1.70. The minimum absolute atomic E-state index is 0.244. The highest BCUT2D eigenvalue weighted by molar-refractivity contribution is 7.09. The predicted octanol–water partition coefficient (Wildman–Crippen LogP) is 1.60. The number of piperidine rings is 1. The first-order valence-electron chi connectivity index (χ1n) is 5.62. The summed E-state index contributed by atoms with van der Waals surface area (Å²) in [6, 6.07) is 0. The Morgan fingerprint density at radius 1 is 1.75 bits per heavy atom. The molecule has 0 bridgehead atoms. The topological polar surface area (TPSA) is 66.0 Å². The van der Waals surface area contributed by atoms with Gasteiger partial charge in [-0.25, -0.2) is 4.98 Å². The molecule has 1 unspecified atom stereocenters. The van der Waals surface area contributed by atoms with Gasteiger partial charge in [0, 0.05) is 24.4 Å². The molecular formula is C11H18N4S. The molecule has 3 N–H and O–H groups in total. The summed E-state index contributed by atoms with van der Waals surface area (Å²) in [4.78, 5) is 6.82. The molecule has 0 aromatic carbocycles. The van der Waals surface area contributed by atoms with Crippen LogP contribution >= 0.6 is 11.3 Å². The largest absolute Gasteiger partial charge is 0.387 e. The Morgan fingerprint density at radius 3 is 3.19 bits per heavy atom. The van der Waals surface area contributed by atoms with Gasteiger partial charge in [0.1, 0.15) is 0 Å². The summed E-state index contributed by atoms with van der Waals surface area (Å²) in [5, 5.41) is 10.7. The van der Waals surface area contributed by atoms with E-state index in [1.54, 1.807) is 11.3 Å². The molecule has 0 aliphatic carbocycles. The van der Waals surface area contributed by atoms with Gasteiger partial charge in [0.05, 0.1) is 16.5 Å². The third-order valence-corrected chi connectivity index (χ3v) is 3.82. The fourth-order valence-electron chi connectivity index (χ4n) is 2.16. The molecule has 1 fully saturated rings. The lowest BCUT2D eigenvalue weighted by Crippen LogP contribution is -2.40. The van der Waals surface area contributed by atoms with Gasteiger partial charge in [-0.2, -0.15) is 0 Å². The fraction of sp³-hybridized carbons (Fsp3) is 0.636.